The summed E-state index contributed by atoms with van der Waals surface area (Å²) in [6.07, 6.45) is 5.61. The van der Waals surface area contributed by atoms with E-state index in [-0.39, 0.29) is 24.3 Å². The van der Waals surface area contributed by atoms with Crippen LogP contribution in [0, 0.1) is 0 Å². The maximum absolute atomic E-state index is 12.2. The fraction of sp³-hybridized carbons (Fsp3) is 0.556. The fourth-order valence-electron chi connectivity index (χ4n) is 3.49. The normalized spacial score (nSPS) is 27.0. The quantitative estimate of drug-likeness (QED) is 0.795. The SMILES string of the molecule is CCc1ccc(NC(=O)C[C@H]2N[C@H]3CCCC[C@H]3NC2=O)cc1. The van der Waals surface area contributed by atoms with E-state index >= 15 is 0 Å². The molecule has 0 radical (unpaired) electrons. The summed E-state index contributed by atoms with van der Waals surface area (Å²) in [5.41, 5.74) is 2.01. The van der Waals surface area contributed by atoms with Crippen LogP contribution in [0.5, 0.6) is 0 Å². The first-order valence-corrected chi connectivity index (χ1v) is 8.61. The fourth-order valence-corrected chi connectivity index (χ4v) is 3.49. The highest BCUT2D eigenvalue weighted by Crippen LogP contribution is 2.22. The Morgan fingerprint density at radius 2 is 1.87 bits per heavy atom. The summed E-state index contributed by atoms with van der Waals surface area (Å²) in [4.78, 5) is 24.4. The Hall–Kier alpha value is -1.88. The second-order valence-corrected chi connectivity index (χ2v) is 6.53. The predicted octanol–water partition coefficient (Wildman–Crippen LogP) is 1.98. The third kappa shape index (κ3) is 3.91. The number of carbonyl (C=O) groups is 2. The van der Waals surface area contributed by atoms with E-state index in [1.165, 1.54) is 18.4 Å². The Morgan fingerprint density at radius 3 is 2.57 bits per heavy atom. The molecule has 0 spiro atoms. The number of aryl methyl sites for hydroxylation is 1. The maximum atomic E-state index is 12.2. The summed E-state index contributed by atoms with van der Waals surface area (Å²) >= 11 is 0. The van der Waals surface area contributed by atoms with Gasteiger partial charge in [-0.3, -0.25) is 9.59 Å². The highest BCUT2D eigenvalue weighted by molar-refractivity contribution is 5.95. The molecule has 2 fully saturated rings. The van der Waals surface area contributed by atoms with Crippen molar-refractivity contribution < 1.29 is 9.59 Å². The molecule has 0 aromatic heterocycles. The van der Waals surface area contributed by atoms with E-state index in [0.29, 0.717) is 6.04 Å². The van der Waals surface area contributed by atoms with Gasteiger partial charge in [0, 0.05) is 17.8 Å². The van der Waals surface area contributed by atoms with Crippen LogP contribution in [0.2, 0.25) is 0 Å². The zero-order valence-electron chi connectivity index (χ0n) is 13.6. The lowest BCUT2D eigenvalue weighted by Gasteiger charge is -2.40. The van der Waals surface area contributed by atoms with E-state index in [1.807, 2.05) is 24.3 Å². The molecule has 1 saturated heterocycles. The van der Waals surface area contributed by atoms with Gasteiger partial charge in [-0.05, 0) is 37.0 Å². The Morgan fingerprint density at radius 1 is 1.17 bits per heavy atom. The van der Waals surface area contributed by atoms with Gasteiger partial charge in [0.2, 0.25) is 11.8 Å². The smallest absolute Gasteiger partial charge is 0.237 e. The van der Waals surface area contributed by atoms with Crippen molar-refractivity contribution in [3.8, 4) is 0 Å². The molecule has 23 heavy (non-hydrogen) atoms. The number of carbonyl (C=O) groups excluding carboxylic acids is 2. The molecule has 0 unspecified atom stereocenters. The van der Waals surface area contributed by atoms with Crippen LogP contribution in [0.15, 0.2) is 24.3 Å². The molecule has 1 aromatic rings. The Bertz CT molecular complexity index is 570. The van der Waals surface area contributed by atoms with E-state index in [1.54, 1.807) is 0 Å². The number of nitrogens with one attached hydrogen (secondary N) is 3. The Kier molecular flexibility index (Phi) is 4.96. The van der Waals surface area contributed by atoms with Gasteiger partial charge in [-0.15, -0.1) is 0 Å². The van der Waals surface area contributed by atoms with E-state index < -0.39 is 6.04 Å². The van der Waals surface area contributed by atoms with Crippen LogP contribution in [0.1, 0.15) is 44.6 Å². The first kappa shape index (κ1) is 16.0. The maximum Gasteiger partial charge on any atom is 0.237 e. The van der Waals surface area contributed by atoms with Gasteiger partial charge in [0.15, 0.2) is 0 Å². The number of fused-ring (bicyclic) bond motifs is 1. The topological polar surface area (TPSA) is 70.2 Å². The third-order valence-corrected chi connectivity index (χ3v) is 4.86. The number of hydrogen-bond acceptors (Lipinski definition) is 3. The second kappa shape index (κ2) is 7.13. The lowest BCUT2D eigenvalue weighted by atomic mass is 9.87. The molecule has 1 heterocycles. The van der Waals surface area contributed by atoms with Crippen LogP contribution in [-0.2, 0) is 16.0 Å². The molecule has 5 nitrogen and oxygen atoms in total. The van der Waals surface area contributed by atoms with Crippen LogP contribution in [0.3, 0.4) is 0 Å². The zero-order chi connectivity index (χ0) is 16.2. The molecule has 3 atom stereocenters. The van der Waals surface area contributed by atoms with Crippen LogP contribution in [0.25, 0.3) is 0 Å². The summed E-state index contributed by atoms with van der Waals surface area (Å²) < 4.78 is 0. The molecule has 1 aliphatic heterocycles. The number of hydrogen-bond donors (Lipinski definition) is 3. The van der Waals surface area contributed by atoms with Crippen molar-refractivity contribution in [3.05, 3.63) is 29.8 Å². The standard InChI is InChI=1S/C18H25N3O2/c1-2-12-7-9-13(10-8-12)19-17(22)11-16-18(23)21-15-6-4-3-5-14(15)20-16/h7-10,14-16,20H,2-6,11H2,1H3,(H,19,22)(H,21,23)/t14-,15+,16+/m0/s1. The van der Waals surface area contributed by atoms with Gasteiger partial charge in [-0.25, -0.2) is 0 Å². The van der Waals surface area contributed by atoms with Crippen molar-refractivity contribution in [3.63, 3.8) is 0 Å². The van der Waals surface area contributed by atoms with Crippen molar-refractivity contribution in [1.82, 2.24) is 10.6 Å². The van der Waals surface area contributed by atoms with E-state index in [4.69, 9.17) is 0 Å². The molecule has 2 aliphatic rings. The summed E-state index contributed by atoms with van der Waals surface area (Å²) in [6, 6.07) is 7.94. The van der Waals surface area contributed by atoms with Gasteiger partial charge in [0.05, 0.1) is 12.5 Å². The largest absolute Gasteiger partial charge is 0.350 e. The second-order valence-electron chi connectivity index (χ2n) is 6.53. The van der Waals surface area contributed by atoms with E-state index in [0.717, 1.165) is 24.9 Å². The molecule has 1 saturated carbocycles. The lowest BCUT2D eigenvalue weighted by Crippen LogP contribution is -2.65. The molecule has 0 bridgehead atoms. The number of piperazine rings is 1. The number of anilines is 1. The first-order chi connectivity index (χ1) is 11.2. The van der Waals surface area contributed by atoms with Crippen LogP contribution in [0.4, 0.5) is 5.69 Å². The summed E-state index contributed by atoms with van der Waals surface area (Å²) in [5.74, 6) is -0.180. The van der Waals surface area contributed by atoms with Crippen molar-refractivity contribution in [2.45, 2.75) is 63.6 Å². The number of benzene rings is 1. The highest BCUT2D eigenvalue weighted by atomic mass is 16.2. The van der Waals surface area contributed by atoms with Crippen molar-refractivity contribution >= 4 is 17.5 Å². The van der Waals surface area contributed by atoms with Crippen LogP contribution < -0.4 is 16.0 Å². The van der Waals surface area contributed by atoms with Gasteiger partial charge in [0.1, 0.15) is 0 Å². The summed E-state index contributed by atoms with van der Waals surface area (Å²) in [6.45, 7) is 2.10. The number of rotatable bonds is 4. The number of amides is 2. The predicted molar refractivity (Wildman–Crippen MR) is 90.2 cm³/mol. The molecular formula is C18H25N3O2. The van der Waals surface area contributed by atoms with Gasteiger partial charge >= 0.3 is 0 Å². The lowest BCUT2D eigenvalue weighted by molar-refractivity contribution is -0.129. The van der Waals surface area contributed by atoms with Crippen LogP contribution in [-0.4, -0.2) is 29.9 Å². The Labute approximate surface area is 137 Å². The van der Waals surface area contributed by atoms with E-state index in [2.05, 4.69) is 22.9 Å². The molecule has 1 aliphatic carbocycles. The first-order valence-electron chi connectivity index (χ1n) is 8.61. The van der Waals surface area contributed by atoms with Gasteiger partial charge in [-0.2, -0.15) is 0 Å². The van der Waals surface area contributed by atoms with Gasteiger partial charge < -0.3 is 16.0 Å². The zero-order valence-corrected chi connectivity index (χ0v) is 13.6. The molecule has 3 N–H and O–H groups in total. The van der Waals surface area contributed by atoms with Crippen LogP contribution >= 0.6 is 0 Å². The molecule has 2 amide bonds. The minimum absolute atomic E-state index is 0.0513. The average molecular weight is 315 g/mol. The van der Waals surface area contributed by atoms with Crippen molar-refractivity contribution in [1.29, 1.82) is 0 Å². The van der Waals surface area contributed by atoms with Crippen molar-refractivity contribution in [2.75, 3.05) is 5.32 Å². The minimum atomic E-state index is -0.427. The van der Waals surface area contributed by atoms with Gasteiger partial charge in [0.25, 0.3) is 0 Å². The summed E-state index contributed by atoms with van der Waals surface area (Å²) in [7, 11) is 0. The van der Waals surface area contributed by atoms with Gasteiger partial charge in [-0.1, -0.05) is 31.9 Å². The summed E-state index contributed by atoms with van der Waals surface area (Å²) in [5, 5.41) is 9.31. The highest BCUT2D eigenvalue weighted by Gasteiger charge is 2.36. The average Bonchev–Trinajstić information content (AvgIpc) is 2.56. The Balaban J connectivity index is 1.55. The van der Waals surface area contributed by atoms with Crippen molar-refractivity contribution in [2.24, 2.45) is 0 Å². The molecule has 5 heteroatoms. The molecule has 124 valence electrons. The monoisotopic (exact) mass is 315 g/mol. The third-order valence-electron chi connectivity index (χ3n) is 4.86. The minimum Gasteiger partial charge on any atom is -0.350 e. The molecule has 3 rings (SSSR count). The van der Waals surface area contributed by atoms with E-state index in [9.17, 15) is 9.59 Å². The molecular weight excluding hydrogens is 290 g/mol. The molecule has 1 aromatic carbocycles.